The Morgan fingerprint density at radius 2 is 1.88 bits per heavy atom. The van der Waals surface area contributed by atoms with Gasteiger partial charge in [-0.25, -0.2) is 9.80 Å². The SMILES string of the molecule is CNC(=O)N1CCc2ccc(OCCCN3CCN(O)CC3)cc2C(c2ccc(Cl)cc2)=N1. The van der Waals surface area contributed by atoms with Crippen molar-refractivity contribution in [2.24, 2.45) is 5.10 Å². The number of carbonyl (C=O) groups excluding carboxylic acids is 1. The molecule has 2 heterocycles. The molecule has 0 aromatic heterocycles. The number of hydrazone groups is 1. The summed E-state index contributed by atoms with van der Waals surface area (Å²) in [6, 6.07) is 13.3. The first-order valence-electron chi connectivity index (χ1n) is 11.3. The Labute approximate surface area is 199 Å². The molecule has 2 amide bonds. The quantitative estimate of drug-likeness (QED) is 0.633. The Balaban J connectivity index is 1.50. The molecule has 0 atom stereocenters. The average Bonchev–Trinajstić information content (AvgIpc) is 3.03. The number of rotatable bonds is 6. The van der Waals surface area contributed by atoms with Crippen LogP contribution in [0.1, 0.15) is 23.1 Å². The lowest BCUT2D eigenvalue weighted by atomic mass is 9.96. The highest BCUT2D eigenvalue weighted by molar-refractivity contribution is 6.30. The summed E-state index contributed by atoms with van der Waals surface area (Å²) < 4.78 is 6.07. The second-order valence-electron chi connectivity index (χ2n) is 8.20. The van der Waals surface area contributed by atoms with Gasteiger partial charge in [0.25, 0.3) is 0 Å². The largest absolute Gasteiger partial charge is 0.494 e. The first kappa shape index (κ1) is 23.5. The Morgan fingerprint density at radius 3 is 2.61 bits per heavy atom. The molecule has 2 aliphatic heterocycles. The van der Waals surface area contributed by atoms with Gasteiger partial charge in [-0.3, -0.25) is 0 Å². The summed E-state index contributed by atoms with van der Waals surface area (Å²) >= 11 is 6.09. The lowest BCUT2D eigenvalue weighted by molar-refractivity contribution is -0.117. The molecule has 0 saturated carbocycles. The van der Waals surface area contributed by atoms with Crippen LogP contribution < -0.4 is 10.1 Å². The highest BCUT2D eigenvalue weighted by atomic mass is 35.5. The van der Waals surface area contributed by atoms with Gasteiger partial charge in [-0.2, -0.15) is 10.2 Å². The number of carbonyl (C=O) groups is 1. The van der Waals surface area contributed by atoms with E-state index in [0.717, 1.165) is 54.2 Å². The summed E-state index contributed by atoms with van der Waals surface area (Å²) in [5.41, 5.74) is 3.68. The van der Waals surface area contributed by atoms with Crippen molar-refractivity contribution in [1.29, 1.82) is 0 Å². The lowest BCUT2D eigenvalue weighted by Crippen LogP contribution is -2.45. The van der Waals surface area contributed by atoms with Crippen molar-refractivity contribution >= 4 is 23.3 Å². The Morgan fingerprint density at radius 1 is 1.12 bits per heavy atom. The number of amides is 2. The molecule has 0 spiro atoms. The molecule has 0 aliphatic carbocycles. The third-order valence-electron chi connectivity index (χ3n) is 5.95. The van der Waals surface area contributed by atoms with E-state index in [1.165, 1.54) is 10.1 Å². The maximum absolute atomic E-state index is 12.3. The van der Waals surface area contributed by atoms with Crippen molar-refractivity contribution in [3.05, 3.63) is 64.2 Å². The third-order valence-corrected chi connectivity index (χ3v) is 6.20. The molecule has 0 bridgehead atoms. The Kier molecular flexibility index (Phi) is 7.82. The van der Waals surface area contributed by atoms with Gasteiger partial charge in [-0.1, -0.05) is 29.8 Å². The molecular weight excluding hydrogens is 442 g/mol. The fraction of sp³-hybridized carbons (Fsp3) is 0.417. The molecule has 9 heteroatoms. The summed E-state index contributed by atoms with van der Waals surface area (Å²) in [6.07, 6.45) is 1.60. The van der Waals surface area contributed by atoms with Gasteiger partial charge in [0.2, 0.25) is 0 Å². The van der Waals surface area contributed by atoms with Crippen molar-refractivity contribution < 1.29 is 14.7 Å². The number of hydrogen-bond donors (Lipinski definition) is 2. The van der Waals surface area contributed by atoms with Crippen molar-refractivity contribution in [2.75, 3.05) is 52.9 Å². The molecule has 33 heavy (non-hydrogen) atoms. The highest BCUT2D eigenvalue weighted by Gasteiger charge is 2.22. The van der Waals surface area contributed by atoms with Gasteiger partial charge >= 0.3 is 6.03 Å². The summed E-state index contributed by atoms with van der Waals surface area (Å²) in [5.74, 6) is 0.781. The van der Waals surface area contributed by atoms with Gasteiger partial charge in [0.15, 0.2) is 0 Å². The van der Waals surface area contributed by atoms with E-state index in [1.807, 2.05) is 36.4 Å². The van der Waals surface area contributed by atoms with Crippen LogP contribution in [0.25, 0.3) is 0 Å². The minimum absolute atomic E-state index is 0.243. The van der Waals surface area contributed by atoms with Crippen LogP contribution in [-0.2, 0) is 6.42 Å². The molecule has 1 saturated heterocycles. The van der Waals surface area contributed by atoms with E-state index in [2.05, 4.69) is 16.3 Å². The second kappa shape index (κ2) is 11.0. The number of piperazine rings is 1. The summed E-state index contributed by atoms with van der Waals surface area (Å²) in [4.78, 5) is 14.7. The monoisotopic (exact) mass is 471 g/mol. The maximum Gasteiger partial charge on any atom is 0.337 e. The molecule has 2 aromatic rings. The molecule has 0 unspecified atom stereocenters. The van der Waals surface area contributed by atoms with E-state index in [0.29, 0.717) is 37.7 Å². The predicted molar refractivity (Wildman–Crippen MR) is 128 cm³/mol. The fourth-order valence-corrected chi connectivity index (χ4v) is 4.20. The van der Waals surface area contributed by atoms with Crippen LogP contribution >= 0.6 is 11.6 Å². The molecule has 0 radical (unpaired) electrons. The molecule has 1 fully saturated rings. The van der Waals surface area contributed by atoms with Gasteiger partial charge in [0.05, 0.1) is 18.9 Å². The number of nitrogens with one attached hydrogen (secondary N) is 1. The van der Waals surface area contributed by atoms with E-state index in [-0.39, 0.29) is 6.03 Å². The smallest absolute Gasteiger partial charge is 0.337 e. The Hall–Kier alpha value is -2.65. The molecule has 176 valence electrons. The van der Waals surface area contributed by atoms with Gasteiger partial charge < -0.3 is 20.2 Å². The van der Waals surface area contributed by atoms with Crippen molar-refractivity contribution in [3.8, 4) is 5.75 Å². The summed E-state index contributed by atoms with van der Waals surface area (Å²) in [5, 5.41) is 20.3. The van der Waals surface area contributed by atoms with Crippen LogP contribution in [0.3, 0.4) is 0 Å². The molecule has 2 aliphatic rings. The predicted octanol–water partition coefficient (Wildman–Crippen LogP) is 3.07. The topological polar surface area (TPSA) is 80.6 Å². The van der Waals surface area contributed by atoms with E-state index in [9.17, 15) is 10.0 Å². The lowest BCUT2D eigenvalue weighted by Gasteiger charge is -2.30. The van der Waals surface area contributed by atoms with E-state index < -0.39 is 0 Å². The minimum atomic E-state index is -0.243. The van der Waals surface area contributed by atoms with Crippen molar-refractivity contribution in [2.45, 2.75) is 12.8 Å². The number of ether oxygens (including phenoxy) is 1. The van der Waals surface area contributed by atoms with Gasteiger partial charge in [0, 0.05) is 55.9 Å². The number of fused-ring (bicyclic) bond motifs is 1. The molecule has 2 aromatic carbocycles. The fourth-order valence-electron chi connectivity index (χ4n) is 4.07. The van der Waals surface area contributed by atoms with Crippen LogP contribution in [0.15, 0.2) is 47.6 Å². The average molecular weight is 472 g/mol. The van der Waals surface area contributed by atoms with E-state index in [4.69, 9.17) is 21.4 Å². The second-order valence-corrected chi connectivity index (χ2v) is 8.64. The van der Waals surface area contributed by atoms with E-state index in [1.54, 1.807) is 7.05 Å². The molecule has 8 nitrogen and oxygen atoms in total. The van der Waals surface area contributed by atoms with Gasteiger partial charge in [-0.15, -0.1) is 0 Å². The minimum Gasteiger partial charge on any atom is -0.494 e. The van der Waals surface area contributed by atoms with E-state index >= 15 is 0 Å². The number of hydroxylamine groups is 2. The number of urea groups is 1. The number of halogens is 1. The van der Waals surface area contributed by atoms with Crippen LogP contribution in [0.4, 0.5) is 4.79 Å². The first-order chi connectivity index (χ1) is 16.0. The number of nitrogens with zero attached hydrogens (tertiary/aromatic N) is 4. The molecule has 4 rings (SSSR count). The first-order valence-corrected chi connectivity index (χ1v) is 11.7. The van der Waals surface area contributed by atoms with Crippen LogP contribution in [0.2, 0.25) is 5.02 Å². The zero-order valence-corrected chi connectivity index (χ0v) is 19.6. The van der Waals surface area contributed by atoms with Crippen LogP contribution in [0, 0.1) is 0 Å². The van der Waals surface area contributed by atoms with Crippen LogP contribution in [0.5, 0.6) is 5.75 Å². The summed E-state index contributed by atoms with van der Waals surface area (Å²) in [6.45, 7) is 5.16. The van der Waals surface area contributed by atoms with Gasteiger partial charge in [0.1, 0.15) is 5.75 Å². The maximum atomic E-state index is 12.3. The zero-order chi connectivity index (χ0) is 23.2. The third kappa shape index (κ3) is 6.03. The highest BCUT2D eigenvalue weighted by Crippen LogP contribution is 2.26. The summed E-state index contributed by atoms with van der Waals surface area (Å²) in [7, 11) is 1.60. The number of hydrogen-bond acceptors (Lipinski definition) is 6. The van der Waals surface area contributed by atoms with Crippen molar-refractivity contribution in [3.63, 3.8) is 0 Å². The zero-order valence-electron chi connectivity index (χ0n) is 18.8. The Bertz CT molecular complexity index is 990. The molecular formula is C24H30ClN5O3. The standard InChI is InChI=1S/C24H30ClN5O3/c1-26-24(31)30-11-9-18-5-8-21(33-16-2-10-28-12-14-29(32)15-13-28)17-22(18)23(27-30)19-3-6-20(25)7-4-19/h3-8,17,32H,2,9-16H2,1H3,(H,26,31). The van der Waals surface area contributed by atoms with Gasteiger partial charge in [-0.05, 0) is 42.7 Å². The number of benzene rings is 2. The van der Waals surface area contributed by atoms with Crippen LogP contribution in [-0.4, -0.2) is 84.8 Å². The normalized spacial score (nSPS) is 17.2. The van der Waals surface area contributed by atoms with Crippen molar-refractivity contribution in [1.82, 2.24) is 20.3 Å². The molecule has 2 N–H and O–H groups in total.